The molecule has 2 N–H and O–H groups in total. The molecule has 1 fully saturated rings. The summed E-state index contributed by atoms with van der Waals surface area (Å²) in [6.07, 6.45) is 15.0. The van der Waals surface area contributed by atoms with E-state index < -0.39 is 0 Å². The summed E-state index contributed by atoms with van der Waals surface area (Å²) in [5.74, 6) is 0.373. The molecule has 0 unspecified atom stereocenters. The molecule has 3 nitrogen and oxygen atoms in total. The van der Waals surface area contributed by atoms with E-state index in [0.29, 0.717) is 5.91 Å². The quantitative estimate of drug-likeness (QED) is 0.551. The molecule has 0 aromatic heterocycles. The SMILES string of the molecule is NCCCCCCCCCCCCN1CCCC1=O. The average molecular weight is 268 g/mol. The summed E-state index contributed by atoms with van der Waals surface area (Å²) in [5, 5.41) is 0. The lowest BCUT2D eigenvalue weighted by Gasteiger charge is -2.14. The first kappa shape index (κ1) is 16.5. The predicted octanol–water partition coefficient (Wildman–Crippen LogP) is 3.47. The summed E-state index contributed by atoms with van der Waals surface area (Å²) in [5.41, 5.74) is 5.47. The number of amides is 1. The van der Waals surface area contributed by atoms with Crippen molar-refractivity contribution in [2.45, 2.75) is 77.0 Å². The van der Waals surface area contributed by atoms with Gasteiger partial charge in [0.25, 0.3) is 0 Å². The number of nitrogens with two attached hydrogens (primary N) is 1. The average Bonchev–Trinajstić information content (AvgIpc) is 2.82. The molecule has 1 heterocycles. The summed E-state index contributed by atoms with van der Waals surface area (Å²) in [7, 11) is 0. The molecule has 1 amide bonds. The van der Waals surface area contributed by atoms with Gasteiger partial charge >= 0.3 is 0 Å². The van der Waals surface area contributed by atoms with Crippen molar-refractivity contribution < 1.29 is 4.79 Å². The first-order valence-corrected chi connectivity index (χ1v) is 8.32. The number of carbonyl (C=O) groups excluding carboxylic acids is 1. The van der Waals surface area contributed by atoms with Crippen LogP contribution in [0.4, 0.5) is 0 Å². The fourth-order valence-electron chi connectivity index (χ4n) is 2.80. The maximum absolute atomic E-state index is 11.4. The highest BCUT2D eigenvalue weighted by molar-refractivity contribution is 5.77. The number of nitrogens with zero attached hydrogens (tertiary/aromatic N) is 1. The van der Waals surface area contributed by atoms with E-state index in [-0.39, 0.29) is 0 Å². The summed E-state index contributed by atoms with van der Waals surface area (Å²) in [6, 6.07) is 0. The third kappa shape index (κ3) is 8.25. The van der Waals surface area contributed by atoms with Crippen molar-refractivity contribution in [3.8, 4) is 0 Å². The van der Waals surface area contributed by atoms with Gasteiger partial charge in [0.1, 0.15) is 0 Å². The lowest BCUT2D eigenvalue weighted by molar-refractivity contribution is -0.127. The van der Waals surface area contributed by atoms with Gasteiger partial charge in [-0.3, -0.25) is 4.79 Å². The molecule has 0 aromatic carbocycles. The van der Waals surface area contributed by atoms with Crippen molar-refractivity contribution in [2.24, 2.45) is 5.73 Å². The van der Waals surface area contributed by atoms with Gasteiger partial charge in [-0.15, -0.1) is 0 Å². The molecule has 0 bridgehead atoms. The molecule has 0 radical (unpaired) electrons. The van der Waals surface area contributed by atoms with Crippen LogP contribution in [0.2, 0.25) is 0 Å². The summed E-state index contributed by atoms with van der Waals surface area (Å²) in [6.45, 7) is 2.85. The second-order valence-corrected chi connectivity index (χ2v) is 5.81. The molecule has 3 heteroatoms. The van der Waals surface area contributed by atoms with Crippen LogP contribution in [0.1, 0.15) is 77.0 Å². The molecule has 1 saturated heterocycles. The van der Waals surface area contributed by atoms with Crippen molar-refractivity contribution in [3.63, 3.8) is 0 Å². The number of hydrogen-bond acceptors (Lipinski definition) is 2. The van der Waals surface area contributed by atoms with E-state index in [0.717, 1.165) is 32.5 Å². The Morgan fingerprint density at radius 2 is 1.37 bits per heavy atom. The Hall–Kier alpha value is -0.570. The fraction of sp³-hybridized carbons (Fsp3) is 0.938. The number of rotatable bonds is 12. The van der Waals surface area contributed by atoms with Crippen LogP contribution in [0.5, 0.6) is 0 Å². The maximum Gasteiger partial charge on any atom is 0.222 e. The molecule has 112 valence electrons. The van der Waals surface area contributed by atoms with Gasteiger partial charge in [0, 0.05) is 19.5 Å². The number of likely N-dealkylation sites (tertiary alicyclic amines) is 1. The minimum atomic E-state index is 0.373. The van der Waals surface area contributed by atoms with E-state index in [2.05, 4.69) is 0 Å². The van der Waals surface area contributed by atoms with E-state index in [1.54, 1.807) is 0 Å². The summed E-state index contributed by atoms with van der Waals surface area (Å²) < 4.78 is 0. The highest BCUT2D eigenvalue weighted by Crippen LogP contribution is 2.13. The van der Waals surface area contributed by atoms with Crippen LogP contribution >= 0.6 is 0 Å². The molecule has 0 aromatic rings. The standard InChI is InChI=1S/C16H32N2O/c17-13-9-7-5-3-1-2-4-6-8-10-14-18-15-11-12-16(18)19/h1-15,17H2. The lowest BCUT2D eigenvalue weighted by atomic mass is 10.1. The molecule has 1 aliphatic heterocycles. The van der Waals surface area contributed by atoms with Gasteiger partial charge in [-0.2, -0.15) is 0 Å². The highest BCUT2D eigenvalue weighted by Gasteiger charge is 2.18. The molecule has 0 saturated carbocycles. The molecule has 1 aliphatic rings. The largest absolute Gasteiger partial charge is 0.343 e. The smallest absolute Gasteiger partial charge is 0.222 e. The normalized spacial score (nSPS) is 15.4. The molecule has 0 atom stereocenters. The molecule has 0 aliphatic carbocycles. The van der Waals surface area contributed by atoms with Crippen LogP contribution in [-0.2, 0) is 4.79 Å². The third-order valence-corrected chi connectivity index (χ3v) is 4.05. The first-order chi connectivity index (χ1) is 9.34. The van der Waals surface area contributed by atoms with E-state index in [1.165, 1.54) is 64.2 Å². The van der Waals surface area contributed by atoms with Crippen LogP contribution in [0, 0.1) is 0 Å². The number of unbranched alkanes of at least 4 members (excludes halogenated alkanes) is 9. The third-order valence-electron chi connectivity index (χ3n) is 4.05. The Morgan fingerprint density at radius 3 is 1.84 bits per heavy atom. The fourth-order valence-corrected chi connectivity index (χ4v) is 2.80. The summed E-state index contributed by atoms with van der Waals surface area (Å²) >= 11 is 0. The van der Waals surface area contributed by atoms with E-state index in [9.17, 15) is 4.79 Å². The van der Waals surface area contributed by atoms with Gasteiger partial charge in [0.05, 0.1) is 0 Å². The Kier molecular flexibility index (Phi) is 9.78. The van der Waals surface area contributed by atoms with Gasteiger partial charge in [0.15, 0.2) is 0 Å². The monoisotopic (exact) mass is 268 g/mol. The number of hydrogen-bond donors (Lipinski definition) is 1. The van der Waals surface area contributed by atoms with E-state index in [1.807, 2.05) is 4.90 Å². The van der Waals surface area contributed by atoms with Gasteiger partial charge in [0.2, 0.25) is 5.91 Å². The Labute approximate surface area is 118 Å². The van der Waals surface area contributed by atoms with Gasteiger partial charge in [-0.05, 0) is 25.8 Å². The van der Waals surface area contributed by atoms with Gasteiger partial charge in [-0.25, -0.2) is 0 Å². The zero-order valence-corrected chi connectivity index (χ0v) is 12.5. The van der Waals surface area contributed by atoms with Crippen molar-refractivity contribution >= 4 is 5.91 Å². The minimum Gasteiger partial charge on any atom is -0.343 e. The van der Waals surface area contributed by atoms with Gasteiger partial charge < -0.3 is 10.6 Å². The second-order valence-electron chi connectivity index (χ2n) is 5.81. The molecule has 1 rings (SSSR count). The molecular weight excluding hydrogens is 236 g/mol. The highest BCUT2D eigenvalue weighted by atomic mass is 16.2. The van der Waals surface area contributed by atoms with Crippen molar-refractivity contribution in [2.75, 3.05) is 19.6 Å². The predicted molar refractivity (Wildman–Crippen MR) is 81.0 cm³/mol. The van der Waals surface area contributed by atoms with Gasteiger partial charge in [-0.1, -0.05) is 51.4 Å². The van der Waals surface area contributed by atoms with E-state index >= 15 is 0 Å². The molecule has 19 heavy (non-hydrogen) atoms. The van der Waals surface area contributed by atoms with Crippen molar-refractivity contribution in [1.29, 1.82) is 0 Å². The van der Waals surface area contributed by atoms with Crippen molar-refractivity contribution in [1.82, 2.24) is 4.90 Å². The molecular formula is C16H32N2O. The van der Waals surface area contributed by atoms with Crippen LogP contribution in [0.25, 0.3) is 0 Å². The molecule has 0 spiro atoms. The van der Waals surface area contributed by atoms with Crippen LogP contribution in [-0.4, -0.2) is 30.4 Å². The second kappa shape index (κ2) is 11.3. The Balaban J connectivity index is 1.75. The maximum atomic E-state index is 11.4. The number of carbonyl (C=O) groups is 1. The van der Waals surface area contributed by atoms with Crippen LogP contribution in [0.15, 0.2) is 0 Å². The summed E-state index contributed by atoms with van der Waals surface area (Å²) in [4.78, 5) is 13.4. The Bertz CT molecular complexity index is 231. The zero-order chi connectivity index (χ0) is 13.8. The van der Waals surface area contributed by atoms with Crippen LogP contribution < -0.4 is 5.73 Å². The minimum absolute atomic E-state index is 0.373. The van der Waals surface area contributed by atoms with E-state index in [4.69, 9.17) is 5.73 Å². The lowest BCUT2D eigenvalue weighted by Crippen LogP contribution is -2.25. The van der Waals surface area contributed by atoms with Crippen molar-refractivity contribution in [3.05, 3.63) is 0 Å². The first-order valence-electron chi connectivity index (χ1n) is 8.32. The van der Waals surface area contributed by atoms with Crippen LogP contribution in [0.3, 0.4) is 0 Å². The topological polar surface area (TPSA) is 46.3 Å². The Morgan fingerprint density at radius 1 is 0.842 bits per heavy atom. The zero-order valence-electron chi connectivity index (χ0n) is 12.5.